The number of epoxide rings is 1. The summed E-state index contributed by atoms with van der Waals surface area (Å²) in [7, 11) is 0. The van der Waals surface area contributed by atoms with Crippen LogP contribution in [-0.4, -0.2) is 120 Å². The lowest BCUT2D eigenvalue weighted by Crippen LogP contribution is -2.72. The molecular formula is C34H48O16. The molecule has 7 N–H and O–H groups in total. The van der Waals surface area contributed by atoms with Crippen molar-refractivity contribution in [3.8, 4) is 0 Å². The molecule has 1 aromatic heterocycles. The maximum Gasteiger partial charge on any atom is 0.335 e. The minimum absolute atomic E-state index is 0.0472. The molecule has 14 atom stereocenters. The highest BCUT2D eigenvalue weighted by Crippen LogP contribution is 2.77. The van der Waals surface area contributed by atoms with Gasteiger partial charge in [0.1, 0.15) is 41.9 Å². The van der Waals surface area contributed by atoms with E-state index in [1.165, 1.54) is 32.4 Å². The summed E-state index contributed by atoms with van der Waals surface area (Å²) in [5.41, 5.74) is -7.74. The minimum atomic E-state index is -1.88. The van der Waals surface area contributed by atoms with E-state index in [-0.39, 0.29) is 19.3 Å². The number of fused-ring (bicyclic) bond motifs is 2. The lowest BCUT2D eigenvalue weighted by atomic mass is 9.37. The van der Waals surface area contributed by atoms with Gasteiger partial charge in [-0.25, -0.2) is 4.79 Å². The van der Waals surface area contributed by atoms with Crippen molar-refractivity contribution in [2.45, 2.75) is 127 Å². The van der Waals surface area contributed by atoms with Gasteiger partial charge >= 0.3 is 17.9 Å². The average molecular weight is 713 g/mol. The van der Waals surface area contributed by atoms with Crippen LogP contribution >= 0.6 is 0 Å². The molecule has 0 unspecified atom stereocenters. The van der Waals surface area contributed by atoms with Gasteiger partial charge in [-0.1, -0.05) is 13.8 Å². The number of rotatable bonds is 11. The topological polar surface area (TPSA) is 263 Å². The number of hydrogen-bond acceptors (Lipinski definition) is 14. The van der Waals surface area contributed by atoms with Gasteiger partial charge in [0.2, 0.25) is 0 Å². The van der Waals surface area contributed by atoms with Gasteiger partial charge in [0.15, 0.2) is 12.4 Å². The van der Waals surface area contributed by atoms with E-state index in [9.17, 15) is 54.9 Å². The molecule has 3 heterocycles. The van der Waals surface area contributed by atoms with Crippen molar-refractivity contribution >= 4 is 23.7 Å². The maximum absolute atomic E-state index is 14.8. The van der Waals surface area contributed by atoms with Crippen LogP contribution in [0, 0.1) is 28.1 Å². The van der Waals surface area contributed by atoms with E-state index in [2.05, 4.69) is 0 Å². The lowest BCUT2D eigenvalue weighted by Gasteiger charge is -2.66. The van der Waals surface area contributed by atoms with Crippen molar-refractivity contribution in [1.29, 1.82) is 0 Å². The number of aliphatic hydroxyl groups excluding tert-OH is 4. The molecule has 4 fully saturated rings. The number of ether oxygens (including phenoxy) is 4. The van der Waals surface area contributed by atoms with E-state index in [1.807, 2.05) is 0 Å². The molecule has 4 aliphatic rings. The molecule has 1 spiro atoms. The Morgan fingerprint density at radius 3 is 2.24 bits per heavy atom. The Balaban J connectivity index is 1.70. The van der Waals surface area contributed by atoms with Crippen molar-refractivity contribution < 1.29 is 78.3 Å². The molecule has 50 heavy (non-hydrogen) atoms. The summed E-state index contributed by atoms with van der Waals surface area (Å²) in [6.45, 7) is 8.24. The average Bonchev–Trinajstić information content (AvgIpc) is 3.58. The predicted octanol–water partition coefficient (Wildman–Crippen LogP) is 0.555. The minimum Gasteiger partial charge on any atom is -0.481 e. The fourth-order valence-electron chi connectivity index (χ4n) is 10.0. The number of carboxylic acids is 2. The van der Waals surface area contributed by atoms with Crippen LogP contribution in [0.5, 0.6) is 0 Å². The van der Waals surface area contributed by atoms with Gasteiger partial charge in [0.05, 0.1) is 42.7 Å². The summed E-state index contributed by atoms with van der Waals surface area (Å²) in [4.78, 5) is 52.3. The Bertz CT molecular complexity index is 1450. The van der Waals surface area contributed by atoms with Crippen LogP contribution in [0.4, 0.5) is 0 Å². The zero-order valence-corrected chi connectivity index (χ0v) is 28.8. The fourth-order valence-corrected chi connectivity index (χ4v) is 10.0. The number of carbonyl (C=O) groups excluding carboxylic acids is 2. The molecule has 16 nitrogen and oxygen atoms in total. The Labute approximate surface area is 288 Å². The summed E-state index contributed by atoms with van der Waals surface area (Å²) in [6.07, 6.45) is -10.7. The van der Waals surface area contributed by atoms with Gasteiger partial charge in [0.25, 0.3) is 0 Å². The normalized spacial score (nSPS) is 42.7. The first-order chi connectivity index (χ1) is 23.1. The van der Waals surface area contributed by atoms with Gasteiger partial charge in [-0.05, 0) is 45.6 Å². The van der Waals surface area contributed by atoms with Crippen LogP contribution in [0.3, 0.4) is 0 Å². The highest BCUT2D eigenvalue weighted by molar-refractivity contribution is 5.92. The molecule has 16 heteroatoms. The zero-order chi connectivity index (χ0) is 37.4. The SMILES string of the molecule is CC(=O)O[C@H](CC(=O)O)[C@]1(C)[C@H]2CC[C@@](C)([C@@H](O[C@@H]3O[C@H](CO)[C@@H](O)[C@H](O)[C@H]3O)c3ccoc3)[C@@]3(O[C@@H]3C(=O)O)[C@]2(C)C(=O)C[C@H]1C(C)(C)O. The summed E-state index contributed by atoms with van der Waals surface area (Å²) in [6, 6.07) is 1.53. The van der Waals surface area contributed by atoms with E-state index >= 15 is 0 Å². The van der Waals surface area contributed by atoms with Crippen molar-refractivity contribution in [2.24, 2.45) is 28.1 Å². The third-order valence-corrected chi connectivity index (χ3v) is 12.3. The van der Waals surface area contributed by atoms with Gasteiger partial charge < -0.3 is 59.1 Å². The molecule has 0 amide bonds. The lowest BCUT2D eigenvalue weighted by molar-refractivity contribution is -0.329. The number of aliphatic hydroxyl groups is 5. The van der Waals surface area contributed by atoms with E-state index in [0.29, 0.717) is 5.56 Å². The Morgan fingerprint density at radius 1 is 1.08 bits per heavy atom. The number of carbonyl (C=O) groups is 4. The molecule has 2 saturated heterocycles. The molecule has 1 aromatic rings. The number of Topliss-reactive ketones (excluding diaryl/α,β-unsaturated/α-hetero) is 1. The third kappa shape index (κ3) is 5.59. The Hall–Kier alpha value is -2.96. The van der Waals surface area contributed by atoms with Crippen LogP contribution in [0.25, 0.3) is 0 Å². The standard InChI is InChI=1S/C34H48O16/c1-15(36)47-21(12-22(38)39)32(5)18-7-9-31(4,34(27(50-34)28(43)44)33(18,6)20(37)11-19(32)30(2,3)45)26(16-8-10-46-14-16)49-29-25(42)24(41)23(40)17(13-35)48-29/h8,10,14,17-19,21,23-27,29,35,40-42,45H,7,9,11-13H2,1-6H3,(H,38,39)(H,43,44)/t17-,18-,19+,21-,23-,24+,25-,26+,27-,29+,31+,32-,33+,34-/m1/s1. The Morgan fingerprint density at radius 2 is 1.74 bits per heavy atom. The number of aliphatic carboxylic acids is 2. The van der Waals surface area contributed by atoms with Crippen molar-refractivity contribution in [3.05, 3.63) is 24.2 Å². The van der Waals surface area contributed by atoms with Crippen molar-refractivity contribution in [3.63, 3.8) is 0 Å². The zero-order valence-electron chi connectivity index (χ0n) is 28.8. The molecule has 2 aliphatic carbocycles. The van der Waals surface area contributed by atoms with Gasteiger partial charge in [-0.2, -0.15) is 0 Å². The summed E-state index contributed by atoms with van der Waals surface area (Å²) in [5.74, 6) is -5.77. The monoisotopic (exact) mass is 712 g/mol. The van der Waals surface area contributed by atoms with Gasteiger partial charge in [0, 0.05) is 35.7 Å². The largest absolute Gasteiger partial charge is 0.481 e. The number of carboxylic acid groups (broad SMARTS) is 2. The first-order valence-corrected chi connectivity index (χ1v) is 16.7. The smallest absolute Gasteiger partial charge is 0.335 e. The fraction of sp³-hybridized carbons (Fsp3) is 0.765. The summed E-state index contributed by atoms with van der Waals surface area (Å²) in [5, 5.41) is 73.6. The molecule has 280 valence electrons. The predicted molar refractivity (Wildman–Crippen MR) is 166 cm³/mol. The maximum atomic E-state index is 14.8. The number of esters is 1. The van der Waals surface area contributed by atoms with E-state index < -0.39 is 125 Å². The molecule has 0 bridgehead atoms. The number of furan rings is 1. The first-order valence-electron chi connectivity index (χ1n) is 16.7. The first kappa shape index (κ1) is 38.3. The van der Waals surface area contributed by atoms with Crippen LogP contribution in [0.15, 0.2) is 23.0 Å². The second-order valence-electron chi connectivity index (χ2n) is 15.4. The molecule has 2 saturated carbocycles. The molecule has 0 aromatic carbocycles. The molecular weight excluding hydrogens is 664 g/mol. The molecule has 2 aliphatic heterocycles. The van der Waals surface area contributed by atoms with Crippen molar-refractivity contribution in [1.82, 2.24) is 0 Å². The highest BCUT2D eigenvalue weighted by Gasteiger charge is 2.86. The second kappa shape index (κ2) is 12.9. The van der Waals surface area contributed by atoms with Crippen molar-refractivity contribution in [2.75, 3.05) is 6.61 Å². The molecule has 5 rings (SSSR count). The number of hydrogen-bond donors (Lipinski definition) is 7. The van der Waals surface area contributed by atoms with E-state index in [1.54, 1.807) is 20.8 Å². The third-order valence-electron chi connectivity index (χ3n) is 12.3. The van der Waals surface area contributed by atoms with Gasteiger partial charge in [-0.15, -0.1) is 0 Å². The van der Waals surface area contributed by atoms with E-state index in [4.69, 9.17) is 23.4 Å². The second-order valence-corrected chi connectivity index (χ2v) is 15.4. The van der Waals surface area contributed by atoms with Crippen LogP contribution in [-0.2, 0) is 38.1 Å². The summed E-state index contributed by atoms with van der Waals surface area (Å²) >= 11 is 0. The number of ketones is 1. The molecule has 0 radical (unpaired) electrons. The quantitative estimate of drug-likeness (QED) is 0.122. The highest BCUT2D eigenvalue weighted by atomic mass is 16.7. The van der Waals surface area contributed by atoms with E-state index in [0.717, 1.165) is 6.92 Å². The Kier molecular flexibility index (Phi) is 9.89. The van der Waals surface area contributed by atoms with Crippen LogP contribution in [0.2, 0.25) is 0 Å². The van der Waals surface area contributed by atoms with Crippen LogP contribution < -0.4 is 0 Å². The van der Waals surface area contributed by atoms with Gasteiger partial charge in [-0.3, -0.25) is 14.4 Å². The summed E-state index contributed by atoms with van der Waals surface area (Å²) < 4.78 is 29.4. The van der Waals surface area contributed by atoms with Crippen LogP contribution in [0.1, 0.15) is 78.9 Å².